The van der Waals surface area contributed by atoms with Gasteiger partial charge in [0.1, 0.15) is 26.5 Å². The van der Waals surface area contributed by atoms with Crippen molar-refractivity contribution >= 4 is 27.9 Å². The van der Waals surface area contributed by atoms with E-state index in [0.29, 0.717) is 48.5 Å². The van der Waals surface area contributed by atoms with E-state index in [1.165, 1.54) is 0 Å². The van der Waals surface area contributed by atoms with Gasteiger partial charge in [-0.15, -0.1) is 0 Å². The van der Waals surface area contributed by atoms with Crippen LogP contribution >= 0.6 is 0 Å². The van der Waals surface area contributed by atoms with Crippen molar-refractivity contribution in [3.05, 3.63) is 40.0 Å². The zero-order chi connectivity index (χ0) is 22.1. The fourth-order valence-corrected chi connectivity index (χ4v) is 4.30. The molecule has 162 valence electrons. The molecule has 2 aliphatic rings. The largest absolute Gasteiger partial charge is 1.00 e. The Hall–Kier alpha value is -1.65. The first kappa shape index (κ1) is 25.6. The molecule has 1 aliphatic carbocycles. The molecule has 10 heteroatoms. The Labute approximate surface area is 203 Å². The maximum atomic E-state index is 12.4. The number of rotatable bonds is 8. The van der Waals surface area contributed by atoms with Crippen LogP contribution in [0.4, 0.5) is 0 Å². The number of carboxylic acid groups (broad SMARTS) is 1. The van der Waals surface area contributed by atoms with Crippen LogP contribution in [0.15, 0.2) is 34.4 Å². The van der Waals surface area contributed by atoms with Crippen molar-refractivity contribution < 1.29 is 66.7 Å². The normalized spacial score (nSPS) is 17.0. The molecule has 1 aliphatic heterocycles. The number of ketones is 1. The third kappa shape index (κ3) is 5.98. The van der Waals surface area contributed by atoms with Gasteiger partial charge in [-0.3, -0.25) is 9.59 Å². The number of fused-ring (bicyclic) bond motifs is 2. The maximum absolute atomic E-state index is 12.4. The standard InChI is InChI=1S/C21H24O8S.Na/c1-21(2)12-16(22)20(30(25,26)27)19-15(21)10-13-7-8-14(11-17(13)29-19)28-9-5-3-4-6-18(23)24;/h7-8,10-11H,3-6,9,12H2,1-2H3,(H,23,24)(H,25,26,27);/q;+1/p-1. The summed E-state index contributed by atoms with van der Waals surface area (Å²) in [6.07, 6.45) is 3.74. The van der Waals surface area contributed by atoms with Crippen LogP contribution in [-0.4, -0.2) is 36.4 Å². The van der Waals surface area contributed by atoms with Crippen LogP contribution in [0.2, 0.25) is 0 Å². The Morgan fingerprint density at radius 1 is 1.26 bits per heavy atom. The van der Waals surface area contributed by atoms with Gasteiger partial charge in [-0.05, 0) is 37.5 Å². The fraction of sp³-hybridized carbons (Fsp3) is 0.429. The number of hydrogen-bond acceptors (Lipinski definition) is 7. The summed E-state index contributed by atoms with van der Waals surface area (Å²) >= 11 is 0. The number of carboxylic acids is 1. The molecule has 1 heterocycles. The van der Waals surface area contributed by atoms with Crippen molar-refractivity contribution in [1.82, 2.24) is 0 Å². The Morgan fingerprint density at radius 2 is 1.97 bits per heavy atom. The van der Waals surface area contributed by atoms with Gasteiger partial charge in [0.25, 0.3) is 0 Å². The van der Waals surface area contributed by atoms with Crippen molar-refractivity contribution in [2.24, 2.45) is 5.41 Å². The minimum Gasteiger partial charge on any atom is -0.744 e. The second-order valence-corrected chi connectivity index (χ2v) is 9.33. The molecule has 8 nitrogen and oxygen atoms in total. The van der Waals surface area contributed by atoms with Crippen LogP contribution in [0, 0.1) is 5.41 Å². The number of benzene rings is 1. The van der Waals surface area contributed by atoms with Gasteiger partial charge in [-0.2, -0.15) is 0 Å². The van der Waals surface area contributed by atoms with Crippen molar-refractivity contribution in [2.75, 3.05) is 6.61 Å². The van der Waals surface area contributed by atoms with E-state index in [1.54, 1.807) is 38.1 Å². The molecule has 31 heavy (non-hydrogen) atoms. The summed E-state index contributed by atoms with van der Waals surface area (Å²) in [6, 6.07) is 5.09. The van der Waals surface area contributed by atoms with Crippen LogP contribution in [0.3, 0.4) is 0 Å². The molecule has 0 radical (unpaired) electrons. The van der Waals surface area contributed by atoms with E-state index in [2.05, 4.69) is 0 Å². The second-order valence-electron chi connectivity index (χ2n) is 8.01. The Kier molecular flexibility index (Phi) is 8.15. The van der Waals surface area contributed by atoms with Crippen LogP contribution in [-0.2, 0) is 19.7 Å². The number of aliphatic carboxylic acids is 1. The predicted molar refractivity (Wildman–Crippen MR) is 107 cm³/mol. The smallest absolute Gasteiger partial charge is 0.744 e. The van der Waals surface area contributed by atoms with E-state index in [0.717, 1.165) is 0 Å². The number of carbonyl (C=O) groups is 2. The zero-order valence-corrected chi connectivity index (χ0v) is 20.6. The van der Waals surface area contributed by atoms with Gasteiger partial charge in [-0.1, -0.05) is 13.8 Å². The molecule has 0 aromatic heterocycles. The van der Waals surface area contributed by atoms with E-state index >= 15 is 0 Å². The summed E-state index contributed by atoms with van der Waals surface area (Å²) in [5.41, 5.74) is 0.507. The number of hydrogen-bond donors (Lipinski definition) is 1. The van der Waals surface area contributed by atoms with Crippen LogP contribution in [0.25, 0.3) is 6.08 Å². The molecule has 0 saturated heterocycles. The number of ether oxygens (including phenoxy) is 2. The molecule has 1 aromatic carbocycles. The van der Waals surface area contributed by atoms with Gasteiger partial charge < -0.3 is 19.1 Å². The Balaban J connectivity index is 0.00000341. The number of allylic oxidation sites excluding steroid dienone is 2. The van der Waals surface area contributed by atoms with Gasteiger partial charge in [0.05, 0.1) is 6.61 Å². The predicted octanol–water partition coefficient (Wildman–Crippen LogP) is 0.246. The van der Waals surface area contributed by atoms with E-state index in [9.17, 15) is 22.6 Å². The van der Waals surface area contributed by atoms with E-state index < -0.39 is 32.2 Å². The third-order valence-corrected chi connectivity index (χ3v) is 6.00. The van der Waals surface area contributed by atoms with Crippen molar-refractivity contribution in [1.29, 1.82) is 0 Å². The van der Waals surface area contributed by atoms with Crippen LogP contribution < -0.4 is 39.0 Å². The molecular formula is C21H23NaO8S. The molecule has 0 atom stereocenters. The molecule has 0 spiro atoms. The fourth-order valence-electron chi connectivity index (χ4n) is 3.57. The van der Waals surface area contributed by atoms with Crippen molar-refractivity contribution in [3.8, 4) is 11.5 Å². The first-order valence-electron chi connectivity index (χ1n) is 9.61. The summed E-state index contributed by atoms with van der Waals surface area (Å²) in [7, 11) is -5.00. The first-order valence-corrected chi connectivity index (χ1v) is 11.0. The molecule has 1 aromatic rings. The molecule has 3 rings (SSSR count). The summed E-state index contributed by atoms with van der Waals surface area (Å²) in [5, 5.41) is 8.63. The molecule has 0 saturated carbocycles. The zero-order valence-electron chi connectivity index (χ0n) is 17.8. The molecular weight excluding hydrogens is 435 g/mol. The van der Waals surface area contributed by atoms with Gasteiger partial charge in [-0.25, -0.2) is 8.42 Å². The first-order chi connectivity index (χ1) is 14.0. The molecule has 0 fully saturated rings. The monoisotopic (exact) mass is 458 g/mol. The number of unbranched alkanes of at least 4 members (excludes halogenated alkanes) is 2. The summed E-state index contributed by atoms with van der Waals surface area (Å²) in [6.45, 7) is 3.97. The molecule has 0 amide bonds. The van der Waals surface area contributed by atoms with E-state index in [4.69, 9.17) is 14.6 Å². The minimum atomic E-state index is -5.00. The quantitative estimate of drug-likeness (QED) is 0.333. The maximum Gasteiger partial charge on any atom is 1.00 e. The van der Waals surface area contributed by atoms with Gasteiger partial charge in [0.2, 0.25) is 0 Å². The molecule has 0 bridgehead atoms. The van der Waals surface area contributed by atoms with Crippen LogP contribution in [0.1, 0.15) is 51.5 Å². The van der Waals surface area contributed by atoms with E-state index in [1.807, 2.05) is 0 Å². The average Bonchev–Trinajstić information content (AvgIpc) is 2.61. The van der Waals surface area contributed by atoms with Crippen LogP contribution in [0.5, 0.6) is 11.5 Å². The third-order valence-electron chi connectivity index (χ3n) is 5.09. The summed E-state index contributed by atoms with van der Waals surface area (Å²) in [4.78, 5) is 22.0. The Bertz CT molecular complexity index is 1050. The van der Waals surface area contributed by atoms with Gasteiger partial charge in [0, 0.05) is 35.5 Å². The number of Topliss-reactive ketones (excluding diaryl/α,β-unsaturated/α-hetero) is 1. The van der Waals surface area contributed by atoms with Gasteiger partial charge in [0.15, 0.2) is 11.5 Å². The Morgan fingerprint density at radius 3 is 2.61 bits per heavy atom. The topological polar surface area (TPSA) is 130 Å². The summed E-state index contributed by atoms with van der Waals surface area (Å²) in [5.74, 6) is -1.00. The molecule has 0 unspecified atom stereocenters. The van der Waals surface area contributed by atoms with E-state index in [-0.39, 0.29) is 48.2 Å². The van der Waals surface area contributed by atoms with Crippen molar-refractivity contribution in [2.45, 2.75) is 46.0 Å². The SMILES string of the molecule is CC1(C)CC(=O)C(S(=O)(=O)[O-])=C2Oc3cc(OCCCCCC(=O)O)ccc3C=C21.[Na+]. The van der Waals surface area contributed by atoms with Gasteiger partial charge >= 0.3 is 35.5 Å². The molecule has 1 N–H and O–H groups in total. The average molecular weight is 458 g/mol. The van der Waals surface area contributed by atoms with Crippen molar-refractivity contribution in [3.63, 3.8) is 0 Å². The second kappa shape index (κ2) is 9.87. The minimum absolute atomic E-state index is 0. The summed E-state index contributed by atoms with van der Waals surface area (Å²) < 4.78 is 46.5. The number of carbonyl (C=O) groups excluding carboxylic acids is 1.